The van der Waals surface area contributed by atoms with Gasteiger partial charge in [-0.3, -0.25) is 0 Å². The Morgan fingerprint density at radius 2 is 0.837 bits per heavy atom. The lowest BCUT2D eigenvalue weighted by molar-refractivity contribution is 0.457. The van der Waals surface area contributed by atoms with E-state index in [4.69, 9.17) is 15.2 Å². The maximum atomic E-state index is 9.95. The van der Waals surface area contributed by atoms with E-state index in [1.807, 2.05) is 36.4 Å². The van der Waals surface area contributed by atoms with Crippen molar-refractivity contribution >= 4 is 27.2 Å². The summed E-state index contributed by atoms with van der Waals surface area (Å²) in [5.74, 6) is 2.82. The third kappa shape index (κ3) is 5.11. The van der Waals surface area contributed by atoms with Gasteiger partial charge in [-0.15, -0.1) is 0 Å². The molecule has 43 heavy (non-hydrogen) atoms. The highest BCUT2D eigenvalue weighted by atomic mass is 16.5. The third-order valence-corrected chi connectivity index (χ3v) is 7.71. The molecule has 0 aliphatic carbocycles. The fourth-order valence-electron chi connectivity index (χ4n) is 5.60. The van der Waals surface area contributed by atoms with Gasteiger partial charge in [-0.05, 0) is 99.3 Å². The maximum absolute atomic E-state index is 9.95. The quantitative estimate of drug-likeness (QED) is 0.121. The van der Waals surface area contributed by atoms with Crippen LogP contribution >= 0.6 is 0 Å². The number of hydrogen-bond donors (Lipinski definition) is 2. The molecule has 7 aromatic rings. The molecule has 7 rings (SSSR count). The van der Waals surface area contributed by atoms with Crippen LogP contribution in [0.5, 0.6) is 28.7 Å². The number of aromatic hydroxyl groups is 1. The van der Waals surface area contributed by atoms with E-state index in [1.54, 1.807) is 12.1 Å². The van der Waals surface area contributed by atoms with E-state index in [1.165, 1.54) is 44.3 Å². The van der Waals surface area contributed by atoms with E-state index in [-0.39, 0.29) is 5.75 Å². The summed E-state index contributed by atoms with van der Waals surface area (Å²) in [5, 5.41) is 14.7. The molecule has 0 bridgehead atoms. The molecule has 0 heterocycles. The molecule has 4 heteroatoms. The normalized spacial score (nSPS) is 11.1. The molecular formula is C39H29NO3. The number of hydrogen-bond acceptors (Lipinski definition) is 4. The van der Waals surface area contributed by atoms with Crippen LogP contribution in [0.4, 0.5) is 5.69 Å². The standard InChI is InChI=1S/C39H29NO3/c1-25-10-16-28(17-11-25)42-29-18-12-26(13-19-29)38-32-6-2-4-8-34(32)39(35-9-5-3-7-33(35)38)27-14-20-30(21-15-27)43-31-22-23-36(40)37(41)24-31/h2-24,41H,40H2,1H3. The van der Waals surface area contributed by atoms with Crippen molar-refractivity contribution in [3.63, 3.8) is 0 Å². The van der Waals surface area contributed by atoms with Crippen molar-refractivity contribution in [3.8, 4) is 51.0 Å². The van der Waals surface area contributed by atoms with Crippen molar-refractivity contribution in [1.29, 1.82) is 0 Å². The van der Waals surface area contributed by atoms with Crippen molar-refractivity contribution in [2.24, 2.45) is 0 Å². The molecule has 0 spiro atoms. The number of nitrogens with two attached hydrogens (primary N) is 1. The molecule has 3 N–H and O–H groups in total. The van der Waals surface area contributed by atoms with E-state index < -0.39 is 0 Å². The van der Waals surface area contributed by atoms with Crippen LogP contribution in [-0.2, 0) is 0 Å². The van der Waals surface area contributed by atoms with Crippen LogP contribution in [0.2, 0.25) is 0 Å². The molecule has 0 aliphatic rings. The summed E-state index contributed by atoms with van der Waals surface area (Å²) in [7, 11) is 0. The zero-order valence-corrected chi connectivity index (χ0v) is 23.6. The van der Waals surface area contributed by atoms with Crippen molar-refractivity contribution in [1.82, 2.24) is 0 Å². The predicted octanol–water partition coefficient (Wildman–Crippen LogP) is 10.5. The van der Waals surface area contributed by atoms with Gasteiger partial charge in [-0.1, -0.05) is 90.5 Å². The molecule has 0 amide bonds. The van der Waals surface area contributed by atoms with Crippen molar-refractivity contribution in [3.05, 3.63) is 145 Å². The summed E-state index contributed by atoms with van der Waals surface area (Å²) in [6, 6.07) is 46.5. The average Bonchev–Trinajstić information content (AvgIpc) is 3.04. The molecule has 0 atom stereocenters. The Morgan fingerprint density at radius 3 is 1.26 bits per heavy atom. The van der Waals surface area contributed by atoms with Gasteiger partial charge >= 0.3 is 0 Å². The van der Waals surface area contributed by atoms with Crippen LogP contribution in [0, 0.1) is 6.92 Å². The number of nitrogen functional groups attached to an aromatic ring is 1. The Balaban J connectivity index is 1.29. The number of aryl methyl sites for hydroxylation is 1. The van der Waals surface area contributed by atoms with Gasteiger partial charge in [0.15, 0.2) is 0 Å². The smallest absolute Gasteiger partial charge is 0.142 e. The summed E-state index contributed by atoms with van der Waals surface area (Å²) in [4.78, 5) is 0. The first-order valence-corrected chi connectivity index (χ1v) is 14.2. The maximum Gasteiger partial charge on any atom is 0.142 e. The summed E-state index contributed by atoms with van der Waals surface area (Å²) in [6.07, 6.45) is 0. The van der Waals surface area contributed by atoms with E-state index in [0.717, 1.165) is 22.6 Å². The van der Waals surface area contributed by atoms with Crippen LogP contribution < -0.4 is 15.2 Å². The molecular weight excluding hydrogens is 530 g/mol. The van der Waals surface area contributed by atoms with Gasteiger partial charge in [0.05, 0.1) is 5.69 Å². The van der Waals surface area contributed by atoms with Crippen LogP contribution in [0.3, 0.4) is 0 Å². The summed E-state index contributed by atoms with van der Waals surface area (Å²) in [6.45, 7) is 2.07. The highest BCUT2D eigenvalue weighted by Crippen LogP contribution is 2.44. The lowest BCUT2D eigenvalue weighted by Crippen LogP contribution is -1.91. The number of anilines is 1. The Bertz CT molecular complexity index is 2020. The van der Waals surface area contributed by atoms with Gasteiger partial charge in [-0.25, -0.2) is 0 Å². The molecule has 0 unspecified atom stereocenters. The van der Waals surface area contributed by atoms with E-state index in [0.29, 0.717) is 17.2 Å². The highest BCUT2D eigenvalue weighted by molar-refractivity contribution is 6.21. The average molecular weight is 560 g/mol. The molecule has 0 saturated carbocycles. The van der Waals surface area contributed by atoms with Crippen molar-refractivity contribution in [2.45, 2.75) is 6.92 Å². The van der Waals surface area contributed by atoms with E-state index in [9.17, 15) is 5.11 Å². The second-order valence-electron chi connectivity index (χ2n) is 10.6. The number of benzene rings is 7. The minimum atomic E-state index is 0.000539. The van der Waals surface area contributed by atoms with Gasteiger partial charge in [0.2, 0.25) is 0 Å². The first-order chi connectivity index (χ1) is 21.0. The molecule has 208 valence electrons. The molecule has 0 aliphatic heterocycles. The third-order valence-electron chi connectivity index (χ3n) is 7.71. The van der Waals surface area contributed by atoms with Gasteiger partial charge in [0.25, 0.3) is 0 Å². The molecule has 0 saturated heterocycles. The number of phenolic OH excluding ortho intramolecular Hbond substituents is 1. The largest absolute Gasteiger partial charge is 0.506 e. The van der Waals surface area contributed by atoms with Gasteiger partial charge in [-0.2, -0.15) is 0 Å². The predicted molar refractivity (Wildman–Crippen MR) is 176 cm³/mol. The highest BCUT2D eigenvalue weighted by Gasteiger charge is 2.16. The SMILES string of the molecule is Cc1ccc(Oc2ccc(-c3c4ccccc4c(-c4ccc(Oc5ccc(N)c(O)c5)cc4)c4ccccc34)cc2)cc1. The Hall–Kier alpha value is -5.74. The molecule has 0 aromatic heterocycles. The summed E-state index contributed by atoms with van der Waals surface area (Å²) >= 11 is 0. The van der Waals surface area contributed by atoms with Crippen molar-refractivity contribution < 1.29 is 14.6 Å². The number of ether oxygens (including phenoxy) is 2. The number of fused-ring (bicyclic) bond motifs is 2. The Labute approximate surface area is 250 Å². The fraction of sp³-hybridized carbons (Fsp3) is 0.0256. The van der Waals surface area contributed by atoms with E-state index >= 15 is 0 Å². The lowest BCUT2D eigenvalue weighted by Gasteiger charge is -2.18. The molecule has 0 fully saturated rings. The van der Waals surface area contributed by atoms with Crippen LogP contribution in [-0.4, -0.2) is 5.11 Å². The zero-order chi connectivity index (χ0) is 29.3. The molecule has 7 aromatic carbocycles. The first kappa shape index (κ1) is 26.2. The number of rotatable bonds is 6. The van der Waals surface area contributed by atoms with Crippen molar-refractivity contribution in [2.75, 3.05) is 5.73 Å². The van der Waals surface area contributed by atoms with Gasteiger partial charge in [0, 0.05) is 6.07 Å². The summed E-state index contributed by atoms with van der Waals surface area (Å²) in [5.41, 5.74) is 11.8. The zero-order valence-electron chi connectivity index (χ0n) is 23.6. The second-order valence-corrected chi connectivity index (χ2v) is 10.6. The van der Waals surface area contributed by atoms with Gasteiger partial charge < -0.3 is 20.3 Å². The number of phenols is 1. The van der Waals surface area contributed by atoms with Gasteiger partial charge in [0.1, 0.15) is 28.7 Å². The minimum absolute atomic E-state index is 0.000539. The molecule has 0 radical (unpaired) electrons. The Morgan fingerprint density at radius 1 is 0.465 bits per heavy atom. The summed E-state index contributed by atoms with van der Waals surface area (Å²) < 4.78 is 12.1. The first-order valence-electron chi connectivity index (χ1n) is 14.2. The second kappa shape index (κ2) is 10.9. The fourth-order valence-corrected chi connectivity index (χ4v) is 5.60. The van der Waals surface area contributed by atoms with Crippen LogP contribution in [0.1, 0.15) is 5.56 Å². The van der Waals surface area contributed by atoms with Crippen LogP contribution in [0.25, 0.3) is 43.8 Å². The lowest BCUT2D eigenvalue weighted by atomic mass is 9.86. The monoisotopic (exact) mass is 559 g/mol. The van der Waals surface area contributed by atoms with E-state index in [2.05, 4.69) is 91.9 Å². The Kier molecular flexibility index (Phi) is 6.65. The minimum Gasteiger partial charge on any atom is -0.506 e. The van der Waals surface area contributed by atoms with Crippen LogP contribution in [0.15, 0.2) is 140 Å². The topological polar surface area (TPSA) is 64.7 Å². The molecule has 4 nitrogen and oxygen atoms in total.